The normalized spacial score (nSPS) is 17.2. The van der Waals surface area contributed by atoms with Crippen LogP contribution in [0.25, 0.3) is 10.8 Å². The lowest BCUT2D eigenvalue weighted by molar-refractivity contribution is -0.145. The number of fused-ring (bicyclic) bond motifs is 1. The van der Waals surface area contributed by atoms with Crippen LogP contribution in [0.5, 0.6) is 0 Å². The number of hydrogen-bond donors (Lipinski definition) is 3. The van der Waals surface area contributed by atoms with Gasteiger partial charge in [-0.3, -0.25) is 9.59 Å². The molecule has 0 saturated heterocycles. The molecule has 1 aromatic heterocycles. The molecule has 24 heavy (non-hydrogen) atoms. The molecule has 1 aliphatic carbocycles. The Bertz CT molecular complexity index is 832. The van der Waals surface area contributed by atoms with Crippen LogP contribution in [-0.2, 0) is 4.79 Å². The molecule has 6 nitrogen and oxygen atoms in total. The van der Waals surface area contributed by atoms with Crippen molar-refractivity contribution in [1.29, 1.82) is 0 Å². The quantitative estimate of drug-likeness (QED) is 0.754. The monoisotopic (exact) mass is 328 g/mol. The van der Waals surface area contributed by atoms with Crippen LogP contribution in [-0.4, -0.2) is 27.5 Å². The third-order valence-corrected chi connectivity index (χ3v) is 4.72. The van der Waals surface area contributed by atoms with Gasteiger partial charge in [0.25, 0.3) is 11.5 Å². The summed E-state index contributed by atoms with van der Waals surface area (Å²) in [4.78, 5) is 39.0. The number of carboxylic acid groups (broad SMARTS) is 1. The summed E-state index contributed by atoms with van der Waals surface area (Å²) in [5.74, 6) is -1.57. The summed E-state index contributed by atoms with van der Waals surface area (Å²) in [6, 6.07) is 8.55. The Kier molecular flexibility index (Phi) is 4.38. The Morgan fingerprint density at radius 3 is 2.42 bits per heavy atom. The van der Waals surface area contributed by atoms with Gasteiger partial charge in [-0.25, -0.2) is 4.79 Å². The fourth-order valence-corrected chi connectivity index (χ4v) is 3.34. The molecule has 2 aromatic rings. The number of carbonyl (C=O) groups excluding carboxylic acids is 1. The van der Waals surface area contributed by atoms with Crippen LogP contribution < -0.4 is 10.9 Å². The van der Waals surface area contributed by atoms with Crippen LogP contribution in [0.1, 0.15) is 49.0 Å². The van der Waals surface area contributed by atoms with Gasteiger partial charge in [0.05, 0.1) is 0 Å². The topological polar surface area (TPSA) is 99.3 Å². The van der Waals surface area contributed by atoms with E-state index in [1.807, 2.05) is 0 Å². The highest BCUT2D eigenvalue weighted by Gasteiger charge is 2.40. The van der Waals surface area contributed by atoms with Crippen LogP contribution in [0.4, 0.5) is 0 Å². The number of benzene rings is 1. The average molecular weight is 328 g/mol. The number of aliphatic carboxylic acids is 1. The minimum Gasteiger partial charge on any atom is -0.480 e. The van der Waals surface area contributed by atoms with Crippen LogP contribution in [0, 0.1) is 0 Å². The van der Waals surface area contributed by atoms with Crippen molar-refractivity contribution in [2.75, 3.05) is 0 Å². The van der Waals surface area contributed by atoms with E-state index in [0.717, 1.165) is 25.7 Å². The highest BCUT2D eigenvalue weighted by molar-refractivity contribution is 5.99. The summed E-state index contributed by atoms with van der Waals surface area (Å²) in [5, 5.41) is 13.5. The number of pyridine rings is 1. The van der Waals surface area contributed by atoms with Gasteiger partial charge in [-0.05, 0) is 30.4 Å². The predicted octanol–water partition coefficient (Wildman–Crippen LogP) is 2.44. The Balaban J connectivity index is 1.93. The Labute approximate surface area is 138 Å². The maximum Gasteiger partial charge on any atom is 0.329 e. The van der Waals surface area contributed by atoms with Crippen molar-refractivity contribution in [2.45, 2.75) is 44.1 Å². The minimum absolute atomic E-state index is 0.0866. The van der Waals surface area contributed by atoms with Gasteiger partial charge < -0.3 is 15.4 Å². The fraction of sp³-hybridized carbons (Fsp3) is 0.389. The number of amides is 1. The lowest BCUT2D eigenvalue weighted by atomic mass is 9.90. The van der Waals surface area contributed by atoms with Crippen molar-refractivity contribution < 1.29 is 14.7 Å². The van der Waals surface area contributed by atoms with Crippen molar-refractivity contribution in [3.63, 3.8) is 0 Å². The average Bonchev–Trinajstić information content (AvgIpc) is 2.81. The minimum atomic E-state index is -1.25. The van der Waals surface area contributed by atoms with Crippen LogP contribution in [0.2, 0.25) is 0 Å². The van der Waals surface area contributed by atoms with E-state index >= 15 is 0 Å². The van der Waals surface area contributed by atoms with E-state index in [1.165, 1.54) is 0 Å². The number of aromatic nitrogens is 1. The molecule has 1 amide bonds. The van der Waals surface area contributed by atoms with Crippen molar-refractivity contribution in [1.82, 2.24) is 10.3 Å². The molecule has 0 bridgehead atoms. The Hall–Kier alpha value is -2.63. The molecule has 0 aliphatic heterocycles. The molecule has 126 valence electrons. The lowest BCUT2D eigenvalue weighted by Crippen LogP contribution is -2.54. The Morgan fingerprint density at radius 2 is 1.75 bits per heavy atom. The molecular formula is C18H20N2O4. The third-order valence-electron chi connectivity index (χ3n) is 4.72. The molecule has 1 heterocycles. The molecule has 1 aliphatic rings. The van der Waals surface area contributed by atoms with E-state index in [4.69, 9.17) is 0 Å². The molecule has 0 unspecified atom stereocenters. The van der Waals surface area contributed by atoms with Crippen molar-refractivity contribution in [2.24, 2.45) is 0 Å². The first-order chi connectivity index (χ1) is 11.5. The zero-order chi connectivity index (χ0) is 17.2. The van der Waals surface area contributed by atoms with E-state index in [9.17, 15) is 19.5 Å². The number of carboxylic acids is 1. The number of aromatic amines is 1. The third kappa shape index (κ3) is 3.04. The highest BCUT2D eigenvalue weighted by Crippen LogP contribution is 2.28. The summed E-state index contributed by atoms with van der Waals surface area (Å²) >= 11 is 0. The lowest BCUT2D eigenvalue weighted by Gasteiger charge is -2.29. The van der Waals surface area contributed by atoms with Crippen molar-refractivity contribution in [3.8, 4) is 0 Å². The van der Waals surface area contributed by atoms with Crippen molar-refractivity contribution >= 4 is 22.6 Å². The fourth-order valence-electron chi connectivity index (χ4n) is 3.34. The van der Waals surface area contributed by atoms with Gasteiger partial charge in [-0.1, -0.05) is 43.9 Å². The second kappa shape index (κ2) is 6.47. The van der Waals surface area contributed by atoms with E-state index in [0.29, 0.717) is 23.6 Å². The first-order valence-corrected chi connectivity index (χ1v) is 8.20. The largest absolute Gasteiger partial charge is 0.480 e. The summed E-state index contributed by atoms with van der Waals surface area (Å²) in [6.07, 6.45) is 4.29. The maximum atomic E-state index is 12.6. The molecule has 0 spiro atoms. The van der Waals surface area contributed by atoms with Gasteiger partial charge in [0.1, 0.15) is 11.2 Å². The molecule has 1 saturated carbocycles. The number of rotatable bonds is 3. The van der Waals surface area contributed by atoms with Gasteiger partial charge in [-0.15, -0.1) is 0 Å². The van der Waals surface area contributed by atoms with Gasteiger partial charge in [-0.2, -0.15) is 0 Å². The smallest absolute Gasteiger partial charge is 0.329 e. The summed E-state index contributed by atoms with van der Waals surface area (Å²) < 4.78 is 0. The predicted molar refractivity (Wildman–Crippen MR) is 90.1 cm³/mol. The van der Waals surface area contributed by atoms with E-state index in [1.54, 1.807) is 30.3 Å². The second-order valence-corrected chi connectivity index (χ2v) is 6.35. The van der Waals surface area contributed by atoms with Crippen LogP contribution >= 0.6 is 0 Å². The molecule has 0 radical (unpaired) electrons. The Morgan fingerprint density at radius 1 is 1.08 bits per heavy atom. The van der Waals surface area contributed by atoms with E-state index < -0.39 is 17.4 Å². The summed E-state index contributed by atoms with van der Waals surface area (Å²) in [6.45, 7) is 0. The van der Waals surface area contributed by atoms with E-state index in [-0.39, 0.29) is 11.3 Å². The zero-order valence-electron chi connectivity index (χ0n) is 13.3. The summed E-state index contributed by atoms with van der Waals surface area (Å²) in [7, 11) is 0. The molecule has 0 atom stereocenters. The van der Waals surface area contributed by atoms with Gasteiger partial charge in [0.15, 0.2) is 0 Å². The molecule has 6 heteroatoms. The van der Waals surface area contributed by atoms with Gasteiger partial charge in [0, 0.05) is 5.39 Å². The van der Waals surface area contributed by atoms with Crippen LogP contribution in [0.15, 0.2) is 35.1 Å². The van der Waals surface area contributed by atoms with Gasteiger partial charge in [0.2, 0.25) is 0 Å². The molecule has 3 rings (SSSR count). The first-order valence-electron chi connectivity index (χ1n) is 8.20. The van der Waals surface area contributed by atoms with Crippen LogP contribution in [0.3, 0.4) is 0 Å². The highest BCUT2D eigenvalue weighted by atomic mass is 16.4. The second-order valence-electron chi connectivity index (χ2n) is 6.35. The number of H-pyrrole nitrogens is 1. The number of hydrogen-bond acceptors (Lipinski definition) is 3. The molecule has 1 fully saturated rings. The molecule has 1 aromatic carbocycles. The summed E-state index contributed by atoms with van der Waals surface area (Å²) in [5.41, 5.74) is -1.53. The molecule has 3 N–H and O–H groups in total. The van der Waals surface area contributed by atoms with E-state index in [2.05, 4.69) is 10.3 Å². The molecular weight excluding hydrogens is 308 g/mol. The SMILES string of the molecule is O=C(NC1(C(=O)O)CCCCCC1)c1cc2ccccc2c(=O)[nH]1. The maximum absolute atomic E-state index is 12.6. The number of nitrogens with one attached hydrogen (secondary N) is 2. The first kappa shape index (κ1) is 16.2. The van der Waals surface area contributed by atoms with Crippen molar-refractivity contribution in [3.05, 3.63) is 46.4 Å². The van der Waals surface area contributed by atoms with Gasteiger partial charge >= 0.3 is 5.97 Å². The standard InChI is InChI=1S/C18H20N2O4/c21-15-13-8-4-3-7-12(13)11-14(19-15)16(22)20-18(17(23)24)9-5-1-2-6-10-18/h3-4,7-8,11H,1-2,5-6,9-10H2,(H,19,21)(H,20,22)(H,23,24). The zero-order valence-corrected chi connectivity index (χ0v) is 13.3. The number of carbonyl (C=O) groups is 2.